The molecular formula is C11H17N5O2. The van der Waals surface area contributed by atoms with Gasteiger partial charge in [-0.1, -0.05) is 0 Å². The van der Waals surface area contributed by atoms with Gasteiger partial charge in [0, 0.05) is 19.3 Å². The molecule has 1 saturated heterocycles. The van der Waals surface area contributed by atoms with Gasteiger partial charge in [-0.3, -0.25) is 19.2 Å². The molecule has 0 aromatic carbocycles. The zero-order valence-electron chi connectivity index (χ0n) is 10.3. The van der Waals surface area contributed by atoms with Crippen LogP contribution in [0.5, 0.6) is 0 Å². The number of amides is 2. The van der Waals surface area contributed by atoms with Crippen molar-refractivity contribution in [2.24, 2.45) is 12.8 Å². The van der Waals surface area contributed by atoms with E-state index in [0.29, 0.717) is 5.82 Å². The molecule has 0 aliphatic carbocycles. The van der Waals surface area contributed by atoms with Crippen LogP contribution in [-0.2, 0) is 16.6 Å². The molecule has 3 N–H and O–H groups in total. The number of anilines is 1. The molecule has 1 aromatic rings. The van der Waals surface area contributed by atoms with E-state index in [9.17, 15) is 9.59 Å². The minimum absolute atomic E-state index is 0.171. The Balaban J connectivity index is 1.89. The molecule has 1 aromatic heterocycles. The molecule has 1 aliphatic heterocycles. The SMILES string of the molecule is Cn1ccc(NC(=O)CN2CCC[C@@H]2C(N)=O)n1. The van der Waals surface area contributed by atoms with Gasteiger partial charge >= 0.3 is 0 Å². The highest BCUT2D eigenvalue weighted by Gasteiger charge is 2.30. The monoisotopic (exact) mass is 251 g/mol. The van der Waals surface area contributed by atoms with Crippen LogP contribution in [0.25, 0.3) is 0 Å². The van der Waals surface area contributed by atoms with Crippen molar-refractivity contribution in [1.82, 2.24) is 14.7 Å². The lowest BCUT2D eigenvalue weighted by Crippen LogP contribution is -2.43. The third-order valence-electron chi connectivity index (χ3n) is 3.02. The molecule has 0 bridgehead atoms. The number of hydrogen-bond donors (Lipinski definition) is 2. The predicted molar refractivity (Wildman–Crippen MR) is 65.6 cm³/mol. The van der Waals surface area contributed by atoms with E-state index in [1.165, 1.54) is 0 Å². The van der Waals surface area contributed by atoms with E-state index in [1.54, 1.807) is 28.9 Å². The Morgan fingerprint density at radius 2 is 2.39 bits per heavy atom. The van der Waals surface area contributed by atoms with Gasteiger partial charge in [-0.2, -0.15) is 5.10 Å². The van der Waals surface area contributed by atoms with Crippen molar-refractivity contribution in [2.75, 3.05) is 18.4 Å². The first-order valence-corrected chi connectivity index (χ1v) is 5.89. The van der Waals surface area contributed by atoms with Gasteiger partial charge in [0.05, 0.1) is 12.6 Å². The van der Waals surface area contributed by atoms with Crippen LogP contribution in [0.2, 0.25) is 0 Å². The summed E-state index contributed by atoms with van der Waals surface area (Å²) in [7, 11) is 1.78. The normalized spacial score (nSPS) is 19.9. The summed E-state index contributed by atoms with van der Waals surface area (Å²) in [5.41, 5.74) is 5.29. The van der Waals surface area contributed by atoms with Gasteiger partial charge in [-0.25, -0.2) is 0 Å². The van der Waals surface area contributed by atoms with Gasteiger partial charge in [0.2, 0.25) is 11.8 Å². The summed E-state index contributed by atoms with van der Waals surface area (Å²) in [6, 6.07) is 1.40. The van der Waals surface area contributed by atoms with Gasteiger partial charge in [-0.15, -0.1) is 0 Å². The minimum atomic E-state index is -0.363. The first-order valence-electron chi connectivity index (χ1n) is 5.89. The van der Waals surface area contributed by atoms with Gasteiger partial charge in [0.25, 0.3) is 0 Å². The molecule has 7 heteroatoms. The van der Waals surface area contributed by atoms with Crippen molar-refractivity contribution >= 4 is 17.6 Å². The van der Waals surface area contributed by atoms with Gasteiger partial charge in [0.1, 0.15) is 0 Å². The lowest BCUT2D eigenvalue weighted by Gasteiger charge is -2.20. The van der Waals surface area contributed by atoms with E-state index in [1.807, 2.05) is 0 Å². The third-order valence-corrected chi connectivity index (χ3v) is 3.02. The maximum absolute atomic E-state index is 11.8. The lowest BCUT2D eigenvalue weighted by molar-refractivity contribution is -0.123. The van der Waals surface area contributed by atoms with Crippen LogP contribution in [0.3, 0.4) is 0 Å². The topological polar surface area (TPSA) is 93.3 Å². The van der Waals surface area contributed by atoms with E-state index in [4.69, 9.17) is 5.73 Å². The fraction of sp³-hybridized carbons (Fsp3) is 0.545. The Labute approximate surface area is 105 Å². The molecule has 0 saturated carbocycles. The van der Waals surface area contributed by atoms with Crippen molar-refractivity contribution in [3.05, 3.63) is 12.3 Å². The Morgan fingerprint density at radius 3 is 3.00 bits per heavy atom. The zero-order chi connectivity index (χ0) is 13.1. The highest BCUT2D eigenvalue weighted by Crippen LogP contribution is 2.16. The summed E-state index contributed by atoms with van der Waals surface area (Å²) >= 11 is 0. The quantitative estimate of drug-likeness (QED) is 0.740. The number of aromatic nitrogens is 2. The van der Waals surface area contributed by atoms with Gasteiger partial charge < -0.3 is 11.1 Å². The standard InChI is InChI=1S/C11H17N5O2/c1-15-6-4-9(14-15)13-10(17)7-16-5-2-3-8(16)11(12)18/h4,6,8H,2-3,5,7H2,1H3,(H2,12,18)(H,13,14,17)/t8-/m1/s1. The Morgan fingerprint density at radius 1 is 1.61 bits per heavy atom. The first-order chi connectivity index (χ1) is 8.56. The summed E-state index contributed by atoms with van der Waals surface area (Å²) in [6.45, 7) is 0.896. The minimum Gasteiger partial charge on any atom is -0.368 e. The molecule has 0 radical (unpaired) electrons. The van der Waals surface area contributed by atoms with Crippen LogP contribution >= 0.6 is 0 Å². The molecule has 0 unspecified atom stereocenters. The number of carbonyl (C=O) groups is 2. The maximum atomic E-state index is 11.8. The van der Waals surface area contributed by atoms with Gasteiger partial charge in [0.15, 0.2) is 5.82 Å². The number of nitrogens with one attached hydrogen (secondary N) is 1. The van der Waals surface area contributed by atoms with Crippen LogP contribution in [0.4, 0.5) is 5.82 Å². The van der Waals surface area contributed by atoms with E-state index in [2.05, 4.69) is 10.4 Å². The Kier molecular flexibility index (Phi) is 3.61. The summed E-state index contributed by atoms with van der Waals surface area (Å²) in [6.07, 6.45) is 3.37. The van der Waals surface area contributed by atoms with Crippen LogP contribution in [0.1, 0.15) is 12.8 Å². The number of primary amides is 1. The highest BCUT2D eigenvalue weighted by atomic mass is 16.2. The zero-order valence-corrected chi connectivity index (χ0v) is 10.3. The number of nitrogens with zero attached hydrogens (tertiary/aromatic N) is 3. The summed E-state index contributed by atoms with van der Waals surface area (Å²) < 4.78 is 1.61. The van der Waals surface area contributed by atoms with E-state index in [-0.39, 0.29) is 24.4 Å². The molecule has 0 spiro atoms. The number of carbonyl (C=O) groups excluding carboxylic acids is 2. The van der Waals surface area contributed by atoms with Crippen molar-refractivity contribution in [2.45, 2.75) is 18.9 Å². The molecule has 18 heavy (non-hydrogen) atoms. The van der Waals surface area contributed by atoms with Crippen molar-refractivity contribution in [3.63, 3.8) is 0 Å². The fourth-order valence-electron chi connectivity index (χ4n) is 2.19. The molecule has 2 rings (SSSR count). The van der Waals surface area contributed by atoms with Crippen molar-refractivity contribution in [3.8, 4) is 0 Å². The van der Waals surface area contributed by atoms with Gasteiger partial charge in [-0.05, 0) is 19.4 Å². The Bertz CT molecular complexity index is 456. The van der Waals surface area contributed by atoms with E-state index >= 15 is 0 Å². The van der Waals surface area contributed by atoms with Crippen LogP contribution in [0.15, 0.2) is 12.3 Å². The average Bonchev–Trinajstić information content (AvgIpc) is 2.87. The highest BCUT2D eigenvalue weighted by molar-refractivity contribution is 5.92. The fourth-order valence-corrected chi connectivity index (χ4v) is 2.19. The molecule has 1 atom stereocenters. The smallest absolute Gasteiger partial charge is 0.239 e. The molecule has 1 fully saturated rings. The molecule has 2 heterocycles. The second-order valence-corrected chi connectivity index (χ2v) is 4.45. The number of aryl methyl sites for hydroxylation is 1. The van der Waals surface area contributed by atoms with Crippen molar-refractivity contribution < 1.29 is 9.59 Å². The number of hydrogen-bond acceptors (Lipinski definition) is 4. The van der Waals surface area contributed by atoms with E-state index in [0.717, 1.165) is 19.4 Å². The summed E-state index contributed by atoms with van der Waals surface area (Å²) in [5, 5.41) is 6.74. The molecule has 2 amide bonds. The first kappa shape index (κ1) is 12.6. The largest absolute Gasteiger partial charge is 0.368 e. The number of rotatable bonds is 4. The predicted octanol–water partition coefficient (Wildman–Crippen LogP) is -0.692. The lowest BCUT2D eigenvalue weighted by atomic mass is 10.2. The van der Waals surface area contributed by atoms with Crippen LogP contribution < -0.4 is 11.1 Å². The molecule has 98 valence electrons. The van der Waals surface area contributed by atoms with Crippen molar-refractivity contribution in [1.29, 1.82) is 0 Å². The molecule has 1 aliphatic rings. The second kappa shape index (κ2) is 5.18. The maximum Gasteiger partial charge on any atom is 0.239 e. The summed E-state index contributed by atoms with van der Waals surface area (Å²) in [4.78, 5) is 24.8. The van der Waals surface area contributed by atoms with Crippen LogP contribution in [-0.4, -0.2) is 45.6 Å². The third kappa shape index (κ3) is 2.86. The number of nitrogens with two attached hydrogens (primary N) is 1. The molecular weight excluding hydrogens is 234 g/mol. The Hall–Kier alpha value is -1.89. The average molecular weight is 251 g/mol. The molecule has 7 nitrogen and oxygen atoms in total. The second-order valence-electron chi connectivity index (χ2n) is 4.45. The van der Waals surface area contributed by atoms with E-state index < -0.39 is 0 Å². The number of likely N-dealkylation sites (tertiary alicyclic amines) is 1. The summed E-state index contributed by atoms with van der Waals surface area (Å²) in [5.74, 6) is -0.0303. The van der Waals surface area contributed by atoms with Crippen LogP contribution in [0, 0.1) is 0 Å².